The topological polar surface area (TPSA) is 24.0 Å². The highest BCUT2D eigenvalue weighted by molar-refractivity contribution is 5.63. The van der Waals surface area contributed by atoms with E-state index in [-0.39, 0.29) is 0 Å². The van der Waals surface area contributed by atoms with Gasteiger partial charge in [0.15, 0.2) is 0 Å². The summed E-state index contributed by atoms with van der Waals surface area (Å²) < 4.78 is 2.00. The van der Waals surface area contributed by atoms with Gasteiger partial charge in [0, 0.05) is 38.6 Å². The number of nitrogens with zero attached hydrogens (tertiary/aromatic N) is 2. The second-order valence-electron chi connectivity index (χ2n) is 3.66. The van der Waals surface area contributed by atoms with E-state index in [4.69, 9.17) is 0 Å². The van der Waals surface area contributed by atoms with E-state index in [1.807, 2.05) is 32.0 Å². The minimum Gasteiger partial charge on any atom is -0.378 e. The monoisotopic (exact) mass is 189 g/mol. The zero-order chi connectivity index (χ0) is 10.1. The molecule has 0 saturated carbocycles. The Morgan fingerprint density at radius 1 is 1.14 bits per heavy atom. The second kappa shape index (κ2) is 3.25. The summed E-state index contributed by atoms with van der Waals surface area (Å²) in [7, 11) is 6.10. The molecule has 3 heteroatoms. The van der Waals surface area contributed by atoms with Crippen molar-refractivity contribution in [2.75, 3.05) is 19.0 Å². The van der Waals surface area contributed by atoms with E-state index in [2.05, 4.69) is 34.3 Å². The van der Waals surface area contributed by atoms with Crippen molar-refractivity contribution in [2.45, 2.75) is 0 Å². The lowest BCUT2D eigenvalue weighted by Gasteiger charge is -2.15. The fourth-order valence-electron chi connectivity index (χ4n) is 1.47. The summed E-state index contributed by atoms with van der Waals surface area (Å²) in [5, 5.41) is 3.06. The second-order valence-corrected chi connectivity index (χ2v) is 3.66. The molecule has 0 saturated heterocycles. The van der Waals surface area contributed by atoms with E-state index in [0.29, 0.717) is 0 Å². The van der Waals surface area contributed by atoms with Gasteiger partial charge in [0.1, 0.15) is 0 Å². The molecule has 0 aliphatic carbocycles. The number of aromatic nitrogens is 2. The molecule has 0 bridgehead atoms. The summed E-state index contributed by atoms with van der Waals surface area (Å²) in [6.07, 6.45) is 2.00. The molecule has 0 amide bonds. The molecule has 0 unspecified atom stereocenters. The molecule has 0 atom stereocenters. The molecule has 0 aliphatic rings. The third kappa shape index (κ3) is 1.41. The number of aryl methyl sites for hydroxylation is 1. The van der Waals surface area contributed by atoms with Gasteiger partial charge in [0.25, 0.3) is 0 Å². The van der Waals surface area contributed by atoms with Crippen LogP contribution in [0.4, 0.5) is 5.69 Å². The summed E-state index contributed by atoms with van der Waals surface area (Å²) >= 11 is 0. The number of hydrogen-bond donors (Lipinski definition) is 1. The molecule has 74 valence electrons. The van der Waals surface area contributed by atoms with E-state index >= 15 is 0 Å². The van der Waals surface area contributed by atoms with E-state index < -0.39 is 0 Å². The number of hydrogen-bond acceptors (Lipinski definition) is 1. The van der Waals surface area contributed by atoms with Crippen molar-refractivity contribution in [1.82, 2.24) is 9.78 Å². The number of benzene rings is 1. The molecule has 0 spiro atoms. The van der Waals surface area contributed by atoms with Crippen molar-refractivity contribution in [3.8, 4) is 11.3 Å². The molecule has 0 radical (unpaired) electrons. The van der Waals surface area contributed by atoms with Crippen LogP contribution in [0.5, 0.6) is 0 Å². The highest BCUT2D eigenvalue weighted by atomic mass is 15.3. The Bertz CT molecular complexity index is 406. The maximum absolute atomic E-state index is 3.06. The minimum atomic E-state index is 1.23. The van der Waals surface area contributed by atoms with Crippen molar-refractivity contribution in [3.63, 3.8) is 0 Å². The molecule has 3 nitrogen and oxygen atoms in total. The van der Waals surface area contributed by atoms with E-state index in [1.165, 1.54) is 16.9 Å². The average Bonchev–Trinajstić information content (AvgIpc) is 2.16. The first-order valence-electron chi connectivity index (χ1n) is 4.66. The third-order valence-electron chi connectivity index (χ3n) is 2.44. The van der Waals surface area contributed by atoms with Gasteiger partial charge < -0.3 is 10.00 Å². The van der Waals surface area contributed by atoms with Gasteiger partial charge in [-0.1, -0.05) is 12.1 Å². The Morgan fingerprint density at radius 3 is 2.14 bits per heavy atom. The SMILES string of the molecule is CN(C)c1ccc(-c2c[nH]n2C)cc1. The number of rotatable bonds is 2. The molecular weight excluding hydrogens is 174 g/mol. The number of aromatic amines is 1. The van der Waals surface area contributed by atoms with Crippen LogP contribution in [0.1, 0.15) is 0 Å². The van der Waals surface area contributed by atoms with Crippen LogP contribution < -0.4 is 4.90 Å². The van der Waals surface area contributed by atoms with Crippen molar-refractivity contribution >= 4 is 5.69 Å². The van der Waals surface area contributed by atoms with Crippen LogP contribution in [-0.2, 0) is 7.05 Å². The van der Waals surface area contributed by atoms with Gasteiger partial charge in [-0.2, -0.15) is 0 Å². The zero-order valence-electron chi connectivity index (χ0n) is 8.78. The van der Waals surface area contributed by atoms with Crippen LogP contribution in [0, 0.1) is 0 Å². The fraction of sp³-hybridized carbons (Fsp3) is 0.273. The summed E-state index contributed by atoms with van der Waals surface area (Å²) in [6.45, 7) is 0. The van der Waals surface area contributed by atoms with Crippen molar-refractivity contribution < 1.29 is 0 Å². The largest absolute Gasteiger partial charge is 0.378 e. The summed E-state index contributed by atoms with van der Waals surface area (Å²) in [6, 6.07) is 8.53. The van der Waals surface area contributed by atoms with E-state index in [1.54, 1.807) is 0 Å². The third-order valence-corrected chi connectivity index (χ3v) is 2.44. The molecule has 1 heterocycles. The highest BCUT2D eigenvalue weighted by Gasteiger charge is 2.03. The predicted octanol–water partition coefficient (Wildman–Crippen LogP) is 2.09. The van der Waals surface area contributed by atoms with E-state index in [0.717, 1.165) is 0 Å². The Morgan fingerprint density at radius 2 is 1.79 bits per heavy atom. The summed E-state index contributed by atoms with van der Waals surface area (Å²) in [4.78, 5) is 2.10. The van der Waals surface area contributed by atoms with Gasteiger partial charge in [-0.15, -0.1) is 0 Å². The normalized spacial score (nSPS) is 10.5. The Balaban J connectivity index is 2.29. The smallest absolute Gasteiger partial charge is 0.0816 e. The lowest BCUT2D eigenvalue weighted by Crippen LogP contribution is -2.09. The number of anilines is 1. The number of H-pyrrole nitrogens is 1. The van der Waals surface area contributed by atoms with E-state index in [9.17, 15) is 0 Å². The van der Waals surface area contributed by atoms with Crippen LogP contribution in [-0.4, -0.2) is 23.9 Å². The summed E-state index contributed by atoms with van der Waals surface area (Å²) in [5.74, 6) is 0. The molecule has 0 fully saturated rings. The van der Waals surface area contributed by atoms with Gasteiger partial charge in [-0.25, -0.2) is 0 Å². The molecule has 2 aromatic rings. The molecule has 1 N–H and O–H groups in total. The average molecular weight is 189 g/mol. The van der Waals surface area contributed by atoms with Crippen LogP contribution >= 0.6 is 0 Å². The first kappa shape index (κ1) is 8.94. The van der Waals surface area contributed by atoms with Crippen LogP contribution in [0.2, 0.25) is 0 Å². The standard InChI is InChI=1S/C11H15N3/c1-13(2)10-6-4-9(5-7-10)11-8-12-14(11)3/h4-8,12H,1-3H3. The van der Waals surface area contributed by atoms with Gasteiger partial charge in [0.05, 0.1) is 5.69 Å². The maximum Gasteiger partial charge on any atom is 0.0816 e. The molecule has 1 aromatic carbocycles. The minimum absolute atomic E-state index is 1.23. The highest BCUT2D eigenvalue weighted by Crippen LogP contribution is 2.21. The van der Waals surface area contributed by atoms with Crippen molar-refractivity contribution in [1.29, 1.82) is 0 Å². The summed E-state index contributed by atoms with van der Waals surface area (Å²) in [5.41, 5.74) is 3.71. The fourth-order valence-corrected chi connectivity index (χ4v) is 1.47. The van der Waals surface area contributed by atoms with Gasteiger partial charge in [-0.3, -0.25) is 4.68 Å². The molecule has 14 heavy (non-hydrogen) atoms. The number of nitrogens with one attached hydrogen (secondary N) is 1. The van der Waals surface area contributed by atoms with Gasteiger partial charge in [0.2, 0.25) is 0 Å². The molecular formula is C11H15N3. The first-order valence-corrected chi connectivity index (χ1v) is 4.66. The van der Waals surface area contributed by atoms with Crippen molar-refractivity contribution in [3.05, 3.63) is 30.5 Å². The lowest BCUT2D eigenvalue weighted by atomic mass is 10.1. The molecule has 0 aliphatic heterocycles. The van der Waals surface area contributed by atoms with Gasteiger partial charge in [-0.05, 0) is 12.1 Å². The lowest BCUT2D eigenvalue weighted by molar-refractivity contribution is 0.703. The molecule has 2 rings (SSSR count). The van der Waals surface area contributed by atoms with Crippen molar-refractivity contribution in [2.24, 2.45) is 7.05 Å². The Hall–Kier alpha value is -1.64. The van der Waals surface area contributed by atoms with Crippen LogP contribution in [0.3, 0.4) is 0 Å². The predicted molar refractivity (Wildman–Crippen MR) is 59.5 cm³/mol. The van der Waals surface area contributed by atoms with Crippen LogP contribution in [0.15, 0.2) is 30.5 Å². The van der Waals surface area contributed by atoms with Gasteiger partial charge >= 0.3 is 0 Å². The van der Waals surface area contributed by atoms with Crippen LogP contribution in [0.25, 0.3) is 11.3 Å². The maximum atomic E-state index is 3.06. The quantitative estimate of drug-likeness (QED) is 0.768. The molecule has 1 aromatic heterocycles. The Kier molecular flexibility index (Phi) is 2.08. The zero-order valence-corrected chi connectivity index (χ0v) is 8.78. The Labute approximate surface area is 83.9 Å². The first-order chi connectivity index (χ1) is 6.68.